The maximum atomic E-state index is 12.2. The van der Waals surface area contributed by atoms with Crippen molar-refractivity contribution >= 4 is 17.0 Å². The highest BCUT2D eigenvalue weighted by Gasteiger charge is 2.13. The van der Waals surface area contributed by atoms with E-state index in [-0.39, 0.29) is 5.69 Å². The summed E-state index contributed by atoms with van der Waals surface area (Å²) in [5, 5.41) is 0. The van der Waals surface area contributed by atoms with E-state index in [1.165, 1.54) is 5.56 Å². The Labute approximate surface area is 128 Å². The van der Waals surface area contributed by atoms with Crippen LogP contribution in [0.4, 0.5) is 5.82 Å². The number of nitrogens with two attached hydrogens (primary N) is 1. The van der Waals surface area contributed by atoms with Crippen molar-refractivity contribution in [3.05, 3.63) is 51.7 Å². The van der Waals surface area contributed by atoms with Gasteiger partial charge in [0.25, 0.3) is 0 Å². The van der Waals surface area contributed by atoms with Gasteiger partial charge in [0.15, 0.2) is 11.5 Å². The van der Waals surface area contributed by atoms with Gasteiger partial charge in [-0.15, -0.1) is 0 Å². The molecule has 0 bridgehead atoms. The first kappa shape index (κ1) is 14.3. The summed E-state index contributed by atoms with van der Waals surface area (Å²) >= 11 is 0. The Bertz CT molecular complexity index is 861. The molecular formula is C16H19N5O. The van der Waals surface area contributed by atoms with Crippen LogP contribution in [0.2, 0.25) is 0 Å². The molecule has 0 aliphatic rings. The van der Waals surface area contributed by atoms with Crippen molar-refractivity contribution in [2.45, 2.75) is 33.2 Å². The van der Waals surface area contributed by atoms with Crippen molar-refractivity contribution in [1.29, 1.82) is 0 Å². The van der Waals surface area contributed by atoms with Crippen LogP contribution in [0.25, 0.3) is 11.2 Å². The Morgan fingerprint density at radius 3 is 2.64 bits per heavy atom. The standard InChI is InChI=1S/C16H19N5O/c1-3-4-12-18-14(17)13-15(19-12)21(16(22)20-13)9-11-7-5-10(2)6-8-11/h5-8H,3-4,9H2,1-2H3,(H,20,22)(H2,17,18,19). The van der Waals surface area contributed by atoms with Gasteiger partial charge in [-0.1, -0.05) is 36.8 Å². The van der Waals surface area contributed by atoms with Gasteiger partial charge in [0.05, 0.1) is 6.54 Å². The number of H-pyrrole nitrogens is 1. The molecule has 6 nitrogen and oxygen atoms in total. The Morgan fingerprint density at radius 2 is 1.95 bits per heavy atom. The fourth-order valence-electron chi connectivity index (χ4n) is 2.46. The second-order valence-electron chi connectivity index (χ2n) is 5.48. The van der Waals surface area contributed by atoms with Crippen LogP contribution in [0.1, 0.15) is 30.3 Å². The van der Waals surface area contributed by atoms with Gasteiger partial charge in [-0.25, -0.2) is 14.8 Å². The molecule has 2 aromatic heterocycles. The lowest BCUT2D eigenvalue weighted by molar-refractivity contribution is 0.767. The van der Waals surface area contributed by atoms with E-state index >= 15 is 0 Å². The van der Waals surface area contributed by atoms with Crippen LogP contribution >= 0.6 is 0 Å². The van der Waals surface area contributed by atoms with Crippen molar-refractivity contribution in [1.82, 2.24) is 19.5 Å². The first-order chi connectivity index (χ1) is 10.6. The minimum absolute atomic E-state index is 0.217. The zero-order valence-corrected chi connectivity index (χ0v) is 12.8. The topological polar surface area (TPSA) is 89.6 Å². The molecular weight excluding hydrogens is 278 g/mol. The summed E-state index contributed by atoms with van der Waals surface area (Å²) in [7, 11) is 0. The van der Waals surface area contributed by atoms with Gasteiger partial charge >= 0.3 is 5.69 Å². The maximum Gasteiger partial charge on any atom is 0.328 e. The molecule has 0 aliphatic heterocycles. The molecule has 0 spiro atoms. The van der Waals surface area contributed by atoms with Gasteiger partial charge in [-0.2, -0.15) is 0 Å². The molecule has 0 saturated heterocycles. The molecule has 3 aromatic rings. The van der Waals surface area contributed by atoms with Crippen LogP contribution in [0, 0.1) is 6.92 Å². The van der Waals surface area contributed by atoms with E-state index in [9.17, 15) is 4.79 Å². The largest absolute Gasteiger partial charge is 0.382 e. The quantitative estimate of drug-likeness (QED) is 0.771. The first-order valence-corrected chi connectivity index (χ1v) is 7.39. The molecule has 0 aliphatic carbocycles. The highest BCUT2D eigenvalue weighted by atomic mass is 16.1. The third-order valence-corrected chi connectivity index (χ3v) is 3.63. The van der Waals surface area contributed by atoms with Gasteiger partial charge in [0.1, 0.15) is 11.3 Å². The number of nitrogens with zero attached hydrogens (tertiary/aromatic N) is 3. The number of aromatic nitrogens is 4. The molecule has 0 unspecified atom stereocenters. The lowest BCUT2D eigenvalue weighted by Crippen LogP contribution is -2.17. The minimum atomic E-state index is -0.217. The Morgan fingerprint density at radius 1 is 1.23 bits per heavy atom. The van der Waals surface area contributed by atoms with Gasteiger partial charge in [0.2, 0.25) is 0 Å². The first-order valence-electron chi connectivity index (χ1n) is 7.39. The van der Waals surface area contributed by atoms with Crippen LogP contribution in [0.15, 0.2) is 29.1 Å². The van der Waals surface area contributed by atoms with E-state index in [2.05, 4.69) is 21.9 Å². The number of imidazole rings is 1. The predicted molar refractivity (Wildman–Crippen MR) is 86.8 cm³/mol. The summed E-state index contributed by atoms with van der Waals surface area (Å²) in [5.74, 6) is 0.998. The zero-order valence-electron chi connectivity index (χ0n) is 12.8. The zero-order chi connectivity index (χ0) is 15.7. The number of hydrogen-bond donors (Lipinski definition) is 2. The van der Waals surface area contributed by atoms with Crippen molar-refractivity contribution in [3.63, 3.8) is 0 Å². The number of nitrogens with one attached hydrogen (secondary N) is 1. The van der Waals surface area contributed by atoms with Crippen molar-refractivity contribution in [2.75, 3.05) is 5.73 Å². The Kier molecular flexibility index (Phi) is 3.66. The molecule has 0 atom stereocenters. The van der Waals surface area contributed by atoms with Gasteiger partial charge in [-0.3, -0.25) is 4.57 Å². The van der Waals surface area contributed by atoms with Crippen molar-refractivity contribution < 1.29 is 0 Å². The van der Waals surface area contributed by atoms with E-state index in [0.717, 1.165) is 18.4 Å². The average molecular weight is 297 g/mol. The molecule has 0 amide bonds. The van der Waals surface area contributed by atoms with Gasteiger partial charge in [-0.05, 0) is 18.9 Å². The summed E-state index contributed by atoms with van der Waals surface area (Å²) in [6.45, 7) is 4.55. The molecule has 0 fully saturated rings. The summed E-state index contributed by atoms with van der Waals surface area (Å²) in [6, 6.07) is 8.08. The predicted octanol–water partition coefficient (Wildman–Crippen LogP) is 2.01. The lowest BCUT2D eigenvalue weighted by atomic mass is 10.1. The Hall–Kier alpha value is -2.63. The van der Waals surface area contributed by atoms with Crippen molar-refractivity contribution in [3.8, 4) is 0 Å². The number of nitrogen functional groups attached to an aromatic ring is 1. The number of aryl methyl sites for hydroxylation is 2. The molecule has 3 N–H and O–H groups in total. The smallest absolute Gasteiger partial charge is 0.328 e. The fourth-order valence-corrected chi connectivity index (χ4v) is 2.46. The highest BCUT2D eigenvalue weighted by molar-refractivity contribution is 5.81. The van der Waals surface area contributed by atoms with Gasteiger partial charge in [0, 0.05) is 6.42 Å². The van der Waals surface area contributed by atoms with E-state index in [1.54, 1.807) is 4.57 Å². The SMILES string of the molecule is CCCc1nc(N)c2[nH]c(=O)n(Cc3ccc(C)cc3)c2n1. The van der Waals surface area contributed by atoms with Crippen LogP contribution < -0.4 is 11.4 Å². The summed E-state index contributed by atoms with van der Waals surface area (Å²) in [6.07, 6.45) is 1.67. The molecule has 0 radical (unpaired) electrons. The van der Waals surface area contributed by atoms with E-state index in [4.69, 9.17) is 5.73 Å². The third-order valence-electron chi connectivity index (χ3n) is 3.63. The molecule has 22 heavy (non-hydrogen) atoms. The van der Waals surface area contributed by atoms with Crippen molar-refractivity contribution in [2.24, 2.45) is 0 Å². The third kappa shape index (κ3) is 2.59. The second-order valence-corrected chi connectivity index (χ2v) is 5.48. The monoisotopic (exact) mass is 297 g/mol. The second kappa shape index (κ2) is 5.63. The number of hydrogen-bond acceptors (Lipinski definition) is 4. The summed E-state index contributed by atoms with van der Waals surface area (Å²) < 4.78 is 1.61. The lowest BCUT2D eigenvalue weighted by Gasteiger charge is -2.05. The van der Waals surface area contributed by atoms with Gasteiger partial charge < -0.3 is 10.7 Å². The highest BCUT2D eigenvalue weighted by Crippen LogP contribution is 2.16. The fraction of sp³-hybridized carbons (Fsp3) is 0.312. The summed E-state index contributed by atoms with van der Waals surface area (Å²) in [4.78, 5) is 23.7. The van der Waals surface area contributed by atoms with E-state index in [1.807, 2.05) is 31.2 Å². The molecule has 3 rings (SSSR count). The average Bonchev–Trinajstić information content (AvgIpc) is 2.79. The minimum Gasteiger partial charge on any atom is -0.382 e. The van der Waals surface area contributed by atoms with Crippen LogP contribution in [0.5, 0.6) is 0 Å². The molecule has 6 heteroatoms. The summed E-state index contributed by atoms with van der Waals surface area (Å²) in [5.41, 5.74) is 9.04. The van der Waals surface area contributed by atoms with Crippen LogP contribution in [-0.4, -0.2) is 19.5 Å². The Balaban J connectivity index is 2.09. The molecule has 0 saturated carbocycles. The maximum absolute atomic E-state index is 12.2. The number of rotatable bonds is 4. The normalized spacial score (nSPS) is 11.2. The number of anilines is 1. The molecule has 114 valence electrons. The number of aromatic amines is 1. The van der Waals surface area contributed by atoms with E-state index < -0.39 is 0 Å². The number of fused-ring (bicyclic) bond motifs is 1. The van der Waals surface area contributed by atoms with Crippen LogP contribution in [-0.2, 0) is 13.0 Å². The number of benzene rings is 1. The van der Waals surface area contributed by atoms with E-state index in [0.29, 0.717) is 29.4 Å². The van der Waals surface area contributed by atoms with Crippen LogP contribution in [0.3, 0.4) is 0 Å². The molecule has 1 aromatic carbocycles. The molecule has 2 heterocycles.